The molecule has 2 N–H and O–H groups in total. The third-order valence-corrected chi connectivity index (χ3v) is 3.85. The summed E-state index contributed by atoms with van der Waals surface area (Å²) in [6.07, 6.45) is 1.48. The molecule has 1 saturated heterocycles. The molecular formula is C12H26N2O2. The minimum absolute atomic E-state index is 0.0638. The lowest BCUT2D eigenvalue weighted by Gasteiger charge is -2.46. The zero-order valence-corrected chi connectivity index (χ0v) is 11.0. The van der Waals surface area contributed by atoms with Crippen molar-refractivity contribution in [3.63, 3.8) is 0 Å². The van der Waals surface area contributed by atoms with E-state index >= 15 is 0 Å². The number of nitrogens with zero attached hydrogens (tertiary/aromatic N) is 1. The number of piperidine rings is 1. The predicted octanol–water partition coefficient (Wildman–Crippen LogP) is 0.707. The zero-order valence-electron chi connectivity index (χ0n) is 11.0. The molecule has 0 spiro atoms. The van der Waals surface area contributed by atoms with Crippen molar-refractivity contribution in [2.45, 2.75) is 31.9 Å². The molecule has 0 aliphatic carbocycles. The van der Waals surface area contributed by atoms with Crippen molar-refractivity contribution in [1.29, 1.82) is 0 Å². The molecule has 1 aliphatic heterocycles. The van der Waals surface area contributed by atoms with E-state index < -0.39 is 0 Å². The lowest BCUT2D eigenvalue weighted by Crippen LogP contribution is -2.60. The zero-order chi connectivity index (χ0) is 12.2. The van der Waals surface area contributed by atoms with Gasteiger partial charge in [-0.05, 0) is 25.8 Å². The molecule has 0 saturated carbocycles. The van der Waals surface area contributed by atoms with Crippen LogP contribution in [0.4, 0.5) is 0 Å². The van der Waals surface area contributed by atoms with Gasteiger partial charge in [0.05, 0.1) is 18.2 Å². The van der Waals surface area contributed by atoms with E-state index in [4.69, 9.17) is 15.2 Å². The fourth-order valence-electron chi connectivity index (χ4n) is 2.42. The Balaban J connectivity index is 2.65. The normalized spacial score (nSPS) is 31.3. The Hall–Kier alpha value is -0.160. The third-order valence-electron chi connectivity index (χ3n) is 3.85. The van der Waals surface area contributed by atoms with E-state index in [1.807, 2.05) is 0 Å². The molecular weight excluding hydrogens is 204 g/mol. The molecule has 4 nitrogen and oxygen atoms in total. The highest BCUT2D eigenvalue weighted by Gasteiger charge is 2.36. The fourth-order valence-corrected chi connectivity index (χ4v) is 2.42. The van der Waals surface area contributed by atoms with E-state index in [0.717, 1.165) is 19.5 Å². The van der Waals surface area contributed by atoms with Gasteiger partial charge >= 0.3 is 0 Å². The third kappa shape index (κ3) is 2.94. The van der Waals surface area contributed by atoms with Gasteiger partial charge in [0.15, 0.2) is 0 Å². The summed E-state index contributed by atoms with van der Waals surface area (Å²) in [5, 5.41) is 0. The number of nitrogens with two attached hydrogens (primary N) is 1. The summed E-state index contributed by atoms with van der Waals surface area (Å²) in [6.45, 7) is 7.74. The largest absolute Gasteiger partial charge is 0.383 e. The Morgan fingerprint density at radius 1 is 1.44 bits per heavy atom. The molecule has 4 heteroatoms. The van der Waals surface area contributed by atoms with Crippen LogP contribution in [0.5, 0.6) is 0 Å². The quantitative estimate of drug-likeness (QED) is 0.755. The number of ether oxygens (including phenoxy) is 2. The van der Waals surface area contributed by atoms with Gasteiger partial charge in [0.1, 0.15) is 0 Å². The number of methoxy groups -OCH3 is 2. The first-order chi connectivity index (χ1) is 7.57. The maximum absolute atomic E-state index is 5.88. The molecule has 1 rings (SSSR count). The number of hydrogen-bond acceptors (Lipinski definition) is 4. The smallest absolute Gasteiger partial charge is 0.0724 e. The van der Waals surface area contributed by atoms with Gasteiger partial charge in [0.2, 0.25) is 0 Å². The van der Waals surface area contributed by atoms with Crippen LogP contribution in [0.15, 0.2) is 0 Å². The Kier molecular flexibility index (Phi) is 5.18. The molecule has 0 amide bonds. The average Bonchev–Trinajstić information content (AvgIpc) is 2.29. The van der Waals surface area contributed by atoms with Gasteiger partial charge in [-0.3, -0.25) is 4.90 Å². The lowest BCUT2D eigenvalue weighted by atomic mass is 9.90. The summed E-state index contributed by atoms with van der Waals surface area (Å²) in [5.74, 6) is 0.630. The fraction of sp³-hybridized carbons (Fsp3) is 1.00. The SMILES string of the molecule is COCC(C)(CN)N1CCC(C)C(OC)C1. The summed E-state index contributed by atoms with van der Waals surface area (Å²) in [4.78, 5) is 2.41. The van der Waals surface area contributed by atoms with Crippen molar-refractivity contribution in [2.24, 2.45) is 11.7 Å². The van der Waals surface area contributed by atoms with E-state index in [9.17, 15) is 0 Å². The van der Waals surface area contributed by atoms with Gasteiger partial charge in [-0.1, -0.05) is 6.92 Å². The van der Waals surface area contributed by atoms with Crippen LogP contribution in [0, 0.1) is 5.92 Å². The molecule has 0 aromatic carbocycles. The van der Waals surface area contributed by atoms with Crippen molar-refractivity contribution in [1.82, 2.24) is 4.90 Å². The van der Waals surface area contributed by atoms with Crippen LogP contribution < -0.4 is 5.73 Å². The second kappa shape index (κ2) is 5.96. The van der Waals surface area contributed by atoms with Gasteiger partial charge in [-0.2, -0.15) is 0 Å². The van der Waals surface area contributed by atoms with Gasteiger partial charge in [0, 0.05) is 27.3 Å². The Labute approximate surface area is 99.1 Å². The number of likely N-dealkylation sites (tertiary alicyclic amines) is 1. The highest BCUT2D eigenvalue weighted by molar-refractivity contribution is 4.92. The first kappa shape index (κ1) is 13.9. The topological polar surface area (TPSA) is 47.7 Å². The van der Waals surface area contributed by atoms with E-state index in [2.05, 4.69) is 18.7 Å². The van der Waals surface area contributed by atoms with Gasteiger partial charge < -0.3 is 15.2 Å². The van der Waals surface area contributed by atoms with Gasteiger partial charge in [-0.25, -0.2) is 0 Å². The Morgan fingerprint density at radius 3 is 2.62 bits per heavy atom. The van der Waals surface area contributed by atoms with Crippen LogP contribution in [-0.4, -0.2) is 57.0 Å². The highest BCUT2D eigenvalue weighted by Crippen LogP contribution is 2.25. The summed E-state index contributed by atoms with van der Waals surface area (Å²) in [7, 11) is 3.52. The second-order valence-corrected chi connectivity index (χ2v) is 5.12. The molecule has 3 unspecified atom stereocenters. The van der Waals surface area contributed by atoms with Crippen molar-refractivity contribution < 1.29 is 9.47 Å². The number of rotatable bonds is 5. The Morgan fingerprint density at radius 2 is 2.12 bits per heavy atom. The molecule has 16 heavy (non-hydrogen) atoms. The molecule has 0 aromatic heterocycles. The van der Waals surface area contributed by atoms with Gasteiger partial charge in [0.25, 0.3) is 0 Å². The maximum atomic E-state index is 5.88. The van der Waals surface area contributed by atoms with E-state index in [0.29, 0.717) is 25.2 Å². The van der Waals surface area contributed by atoms with Crippen LogP contribution in [0.1, 0.15) is 20.3 Å². The van der Waals surface area contributed by atoms with Crippen LogP contribution in [0.25, 0.3) is 0 Å². The standard InChI is InChI=1S/C12H26N2O2/c1-10-5-6-14(7-11(10)16-4)12(2,8-13)9-15-3/h10-11H,5-9,13H2,1-4H3. The summed E-state index contributed by atoms with van der Waals surface area (Å²) < 4.78 is 10.8. The van der Waals surface area contributed by atoms with Crippen molar-refractivity contribution in [3.05, 3.63) is 0 Å². The van der Waals surface area contributed by atoms with Crippen LogP contribution in [0.2, 0.25) is 0 Å². The van der Waals surface area contributed by atoms with Crippen LogP contribution in [0.3, 0.4) is 0 Å². The first-order valence-corrected chi connectivity index (χ1v) is 6.04. The molecule has 0 bridgehead atoms. The average molecular weight is 230 g/mol. The van der Waals surface area contributed by atoms with E-state index in [-0.39, 0.29) is 5.54 Å². The number of hydrogen-bond donors (Lipinski definition) is 1. The molecule has 0 aromatic rings. The minimum atomic E-state index is -0.0638. The molecule has 1 fully saturated rings. The van der Waals surface area contributed by atoms with Gasteiger partial charge in [-0.15, -0.1) is 0 Å². The van der Waals surface area contributed by atoms with E-state index in [1.54, 1.807) is 14.2 Å². The Bertz CT molecular complexity index is 213. The predicted molar refractivity (Wildman–Crippen MR) is 65.5 cm³/mol. The molecule has 0 radical (unpaired) electrons. The molecule has 96 valence electrons. The monoisotopic (exact) mass is 230 g/mol. The van der Waals surface area contributed by atoms with E-state index in [1.165, 1.54) is 0 Å². The van der Waals surface area contributed by atoms with Crippen molar-refractivity contribution in [2.75, 3.05) is 40.5 Å². The maximum Gasteiger partial charge on any atom is 0.0724 e. The summed E-state index contributed by atoms with van der Waals surface area (Å²) in [6, 6.07) is 0. The summed E-state index contributed by atoms with van der Waals surface area (Å²) >= 11 is 0. The van der Waals surface area contributed by atoms with Crippen LogP contribution >= 0.6 is 0 Å². The molecule has 1 heterocycles. The minimum Gasteiger partial charge on any atom is -0.383 e. The highest BCUT2D eigenvalue weighted by atomic mass is 16.5. The van der Waals surface area contributed by atoms with Crippen molar-refractivity contribution >= 4 is 0 Å². The lowest BCUT2D eigenvalue weighted by molar-refractivity contribution is -0.0587. The molecule has 3 atom stereocenters. The van der Waals surface area contributed by atoms with Crippen LogP contribution in [-0.2, 0) is 9.47 Å². The second-order valence-electron chi connectivity index (χ2n) is 5.12. The summed E-state index contributed by atoms with van der Waals surface area (Å²) in [5.41, 5.74) is 5.82. The first-order valence-electron chi connectivity index (χ1n) is 6.04. The molecule has 1 aliphatic rings. The van der Waals surface area contributed by atoms with Crippen molar-refractivity contribution in [3.8, 4) is 0 Å².